The van der Waals surface area contributed by atoms with E-state index < -0.39 is 0 Å². The average molecular weight is 289 g/mol. The van der Waals surface area contributed by atoms with E-state index in [2.05, 4.69) is 25.5 Å². The fourth-order valence-electron chi connectivity index (χ4n) is 2.32. The standard InChI is InChI=1S/C14H19N5O2/c20-14(15-5-6-19-7-9-21-10-8-19)18-13-16-11-3-1-2-4-12(11)17-13/h1-4H,5-10H2,(H3,15,16,17,18,20). The van der Waals surface area contributed by atoms with Gasteiger partial charge in [-0.15, -0.1) is 0 Å². The van der Waals surface area contributed by atoms with Gasteiger partial charge in [-0.1, -0.05) is 12.1 Å². The van der Waals surface area contributed by atoms with Crippen LogP contribution >= 0.6 is 0 Å². The minimum absolute atomic E-state index is 0.248. The Morgan fingerprint density at radius 1 is 1.33 bits per heavy atom. The summed E-state index contributed by atoms with van der Waals surface area (Å²) in [6.07, 6.45) is 0. The van der Waals surface area contributed by atoms with Crippen molar-refractivity contribution in [2.45, 2.75) is 0 Å². The predicted octanol–water partition coefficient (Wildman–Crippen LogP) is 1.02. The number of benzene rings is 1. The molecule has 1 aromatic heterocycles. The van der Waals surface area contributed by atoms with Crippen molar-refractivity contribution in [3.63, 3.8) is 0 Å². The van der Waals surface area contributed by atoms with Crippen molar-refractivity contribution < 1.29 is 9.53 Å². The molecule has 7 heteroatoms. The lowest BCUT2D eigenvalue weighted by Gasteiger charge is -2.26. The van der Waals surface area contributed by atoms with Crippen molar-refractivity contribution in [2.24, 2.45) is 0 Å². The lowest BCUT2D eigenvalue weighted by atomic mass is 10.3. The van der Waals surface area contributed by atoms with Gasteiger partial charge in [0.05, 0.1) is 24.2 Å². The Kier molecular flexibility index (Phi) is 4.32. The van der Waals surface area contributed by atoms with Gasteiger partial charge in [-0.05, 0) is 12.1 Å². The van der Waals surface area contributed by atoms with Crippen LogP contribution in [0.15, 0.2) is 24.3 Å². The molecule has 21 heavy (non-hydrogen) atoms. The number of para-hydroxylation sites is 2. The molecule has 0 unspecified atom stereocenters. The first-order valence-corrected chi connectivity index (χ1v) is 7.11. The smallest absolute Gasteiger partial charge is 0.321 e. The van der Waals surface area contributed by atoms with Crippen LogP contribution in [0.4, 0.5) is 10.7 Å². The van der Waals surface area contributed by atoms with Gasteiger partial charge in [0, 0.05) is 26.2 Å². The molecule has 3 N–H and O–H groups in total. The number of morpholine rings is 1. The summed E-state index contributed by atoms with van der Waals surface area (Å²) in [6, 6.07) is 7.40. The Hall–Kier alpha value is -2.12. The molecule has 1 aromatic carbocycles. The SMILES string of the molecule is O=C(NCCN1CCOCC1)Nc1nc2ccccc2[nH]1. The molecule has 112 valence electrons. The molecule has 0 aliphatic carbocycles. The van der Waals surface area contributed by atoms with E-state index in [-0.39, 0.29) is 6.03 Å². The maximum absolute atomic E-state index is 11.8. The van der Waals surface area contributed by atoms with Crippen LogP contribution in [0.3, 0.4) is 0 Å². The maximum Gasteiger partial charge on any atom is 0.321 e. The summed E-state index contributed by atoms with van der Waals surface area (Å²) in [4.78, 5) is 21.4. The summed E-state index contributed by atoms with van der Waals surface area (Å²) in [5.41, 5.74) is 1.74. The summed E-state index contributed by atoms with van der Waals surface area (Å²) in [7, 11) is 0. The summed E-state index contributed by atoms with van der Waals surface area (Å²) in [6.45, 7) is 4.82. The quantitative estimate of drug-likeness (QED) is 0.785. The number of imidazole rings is 1. The number of hydrogen-bond donors (Lipinski definition) is 3. The second kappa shape index (κ2) is 6.55. The van der Waals surface area contributed by atoms with Gasteiger partial charge in [-0.3, -0.25) is 10.2 Å². The van der Waals surface area contributed by atoms with Crippen LogP contribution in [0.5, 0.6) is 0 Å². The minimum atomic E-state index is -0.248. The Morgan fingerprint density at radius 3 is 2.95 bits per heavy atom. The van der Waals surface area contributed by atoms with Gasteiger partial charge in [0.1, 0.15) is 0 Å². The molecule has 0 bridgehead atoms. The largest absolute Gasteiger partial charge is 0.379 e. The van der Waals surface area contributed by atoms with Crippen molar-refractivity contribution in [3.05, 3.63) is 24.3 Å². The van der Waals surface area contributed by atoms with Crippen LogP contribution < -0.4 is 10.6 Å². The van der Waals surface area contributed by atoms with Gasteiger partial charge < -0.3 is 15.0 Å². The van der Waals surface area contributed by atoms with Gasteiger partial charge >= 0.3 is 6.03 Å². The number of fused-ring (bicyclic) bond motifs is 1. The summed E-state index contributed by atoms with van der Waals surface area (Å²) in [5, 5.41) is 5.54. The van der Waals surface area contributed by atoms with Gasteiger partial charge in [-0.2, -0.15) is 0 Å². The highest BCUT2D eigenvalue weighted by atomic mass is 16.5. The van der Waals surface area contributed by atoms with Crippen LogP contribution in [0.1, 0.15) is 0 Å². The van der Waals surface area contributed by atoms with E-state index in [4.69, 9.17) is 4.74 Å². The fourth-order valence-corrected chi connectivity index (χ4v) is 2.32. The molecule has 1 aliphatic heterocycles. The van der Waals surface area contributed by atoms with Crippen LogP contribution in [0, 0.1) is 0 Å². The summed E-state index contributed by atoms with van der Waals surface area (Å²) < 4.78 is 5.28. The molecule has 0 atom stereocenters. The van der Waals surface area contributed by atoms with Crippen LogP contribution in [-0.4, -0.2) is 60.3 Å². The maximum atomic E-state index is 11.8. The first kappa shape index (κ1) is 13.8. The van der Waals surface area contributed by atoms with Gasteiger partial charge in [0.2, 0.25) is 5.95 Å². The van der Waals surface area contributed by atoms with Crippen molar-refractivity contribution in [3.8, 4) is 0 Å². The lowest BCUT2D eigenvalue weighted by molar-refractivity contribution is 0.0388. The van der Waals surface area contributed by atoms with Crippen molar-refractivity contribution >= 4 is 23.0 Å². The van der Waals surface area contributed by atoms with E-state index in [1.165, 1.54) is 0 Å². The number of anilines is 1. The number of aromatic nitrogens is 2. The van der Waals surface area contributed by atoms with Crippen LogP contribution in [-0.2, 0) is 4.74 Å². The molecule has 2 aromatic rings. The zero-order valence-corrected chi connectivity index (χ0v) is 11.8. The third-order valence-electron chi connectivity index (χ3n) is 3.44. The van der Waals surface area contributed by atoms with E-state index >= 15 is 0 Å². The molecule has 3 rings (SSSR count). The number of ether oxygens (including phenoxy) is 1. The number of hydrogen-bond acceptors (Lipinski definition) is 4. The molecular formula is C14H19N5O2. The number of nitrogens with one attached hydrogen (secondary N) is 3. The first-order valence-electron chi connectivity index (χ1n) is 7.11. The molecule has 1 saturated heterocycles. The zero-order valence-electron chi connectivity index (χ0n) is 11.8. The van der Waals surface area contributed by atoms with E-state index in [0.29, 0.717) is 12.5 Å². The van der Waals surface area contributed by atoms with Crippen molar-refractivity contribution in [1.82, 2.24) is 20.2 Å². The Labute approximate surface area is 122 Å². The molecule has 2 heterocycles. The number of carbonyl (C=O) groups is 1. The van der Waals surface area contributed by atoms with Gasteiger partial charge in [0.15, 0.2) is 0 Å². The molecule has 2 amide bonds. The predicted molar refractivity (Wildman–Crippen MR) is 80.4 cm³/mol. The normalized spacial score (nSPS) is 16.0. The van der Waals surface area contributed by atoms with E-state index in [0.717, 1.165) is 43.9 Å². The summed E-state index contributed by atoms with van der Waals surface area (Å²) in [5.74, 6) is 0.458. The molecular weight excluding hydrogens is 270 g/mol. The molecule has 0 spiro atoms. The fraction of sp³-hybridized carbons (Fsp3) is 0.429. The number of H-pyrrole nitrogens is 1. The monoisotopic (exact) mass is 289 g/mol. The number of amides is 2. The van der Waals surface area contributed by atoms with Crippen LogP contribution in [0.25, 0.3) is 11.0 Å². The molecule has 0 saturated carbocycles. The Bertz CT molecular complexity index is 573. The molecule has 1 fully saturated rings. The topological polar surface area (TPSA) is 82.3 Å². The lowest BCUT2D eigenvalue weighted by Crippen LogP contribution is -2.42. The molecule has 7 nitrogen and oxygen atoms in total. The average Bonchev–Trinajstić information content (AvgIpc) is 2.90. The van der Waals surface area contributed by atoms with E-state index in [9.17, 15) is 4.79 Å². The van der Waals surface area contributed by atoms with E-state index in [1.807, 2.05) is 24.3 Å². The Balaban J connectivity index is 1.45. The van der Waals surface area contributed by atoms with Gasteiger partial charge in [0.25, 0.3) is 0 Å². The van der Waals surface area contributed by atoms with Crippen molar-refractivity contribution in [1.29, 1.82) is 0 Å². The third kappa shape index (κ3) is 3.71. The number of rotatable bonds is 4. The van der Waals surface area contributed by atoms with Gasteiger partial charge in [-0.25, -0.2) is 9.78 Å². The number of urea groups is 1. The summed E-state index contributed by atoms with van der Waals surface area (Å²) >= 11 is 0. The van der Waals surface area contributed by atoms with Crippen molar-refractivity contribution in [2.75, 3.05) is 44.7 Å². The zero-order chi connectivity index (χ0) is 14.5. The second-order valence-electron chi connectivity index (χ2n) is 4.94. The number of aromatic amines is 1. The molecule has 1 aliphatic rings. The van der Waals surface area contributed by atoms with E-state index in [1.54, 1.807) is 0 Å². The second-order valence-corrected chi connectivity index (χ2v) is 4.94. The highest BCUT2D eigenvalue weighted by Gasteiger charge is 2.10. The number of nitrogens with zero attached hydrogens (tertiary/aromatic N) is 2. The molecule has 0 radical (unpaired) electrons. The highest BCUT2D eigenvalue weighted by molar-refractivity contribution is 5.89. The minimum Gasteiger partial charge on any atom is -0.379 e. The first-order chi connectivity index (χ1) is 10.3. The number of carbonyl (C=O) groups excluding carboxylic acids is 1. The third-order valence-corrected chi connectivity index (χ3v) is 3.44. The Morgan fingerprint density at radius 2 is 2.14 bits per heavy atom. The highest BCUT2D eigenvalue weighted by Crippen LogP contribution is 2.12. The van der Waals surface area contributed by atoms with Crippen LogP contribution in [0.2, 0.25) is 0 Å².